The van der Waals surface area contributed by atoms with Crippen molar-refractivity contribution >= 4 is 5.97 Å². The van der Waals surface area contributed by atoms with Gasteiger partial charge in [-0.15, -0.1) is 0 Å². The van der Waals surface area contributed by atoms with Gasteiger partial charge in [0, 0.05) is 25.6 Å². The Morgan fingerprint density at radius 3 is 2.21 bits per heavy atom. The van der Waals surface area contributed by atoms with Crippen LogP contribution < -0.4 is 0 Å². The molecule has 3 fully saturated rings. The molecular weight excluding hydrogens is 468 g/mol. The average molecular weight is 517 g/mol. The Balaban J connectivity index is 1.18. The summed E-state index contributed by atoms with van der Waals surface area (Å²) in [5.74, 6) is 2.10. The molecule has 2 aromatic carbocycles. The van der Waals surface area contributed by atoms with Gasteiger partial charge in [0.2, 0.25) is 0 Å². The van der Waals surface area contributed by atoms with Gasteiger partial charge in [0.1, 0.15) is 6.04 Å². The molecule has 0 spiro atoms. The third kappa shape index (κ3) is 6.87. The predicted octanol–water partition coefficient (Wildman–Crippen LogP) is 7.03. The monoisotopic (exact) mass is 516 g/mol. The lowest BCUT2D eigenvalue weighted by Gasteiger charge is -2.35. The van der Waals surface area contributed by atoms with E-state index in [4.69, 9.17) is 0 Å². The largest absolute Gasteiger partial charge is 0.480 e. The number of rotatable bonds is 10. The highest BCUT2D eigenvalue weighted by molar-refractivity contribution is 5.74. The van der Waals surface area contributed by atoms with E-state index in [1.54, 1.807) is 0 Å². The van der Waals surface area contributed by atoms with Crippen molar-refractivity contribution in [3.8, 4) is 0 Å². The lowest BCUT2D eigenvalue weighted by Crippen LogP contribution is -2.46. The van der Waals surface area contributed by atoms with E-state index in [-0.39, 0.29) is 6.04 Å². The van der Waals surface area contributed by atoms with E-state index in [1.165, 1.54) is 69.2 Å². The lowest BCUT2D eigenvalue weighted by molar-refractivity contribution is -0.145. The molecule has 4 heteroatoms. The molecule has 0 amide bonds. The molecule has 2 aliphatic heterocycles. The van der Waals surface area contributed by atoms with E-state index in [1.807, 2.05) is 0 Å². The second-order valence-corrected chi connectivity index (χ2v) is 12.5. The Bertz CT molecular complexity index is 982. The number of carbonyl (C=O) groups is 1. The molecule has 0 bridgehead atoms. The van der Waals surface area contributed by atoms with Gasteiger partial charge >= 0.3 is 5.97 Å². The molecule has 0 radical (unpaired) electrons. The summed E-state index contributed by atoms with van der Waals surface area (Å²) in [6.45, 7) is 7.65. The molecule has 3 aliphatic rings. The van der Waals surface area contributed by atoms with Crippen LogP contribution in [0.5, 0.6) is 0 Å². The third-order valence-corrected chi connectivity index (χ3v) is 10.0. The minimum atomic E-state index is -0.602. The van der Waals surface area contributed by atoms with Crippen LogP contribution in [-0.4, -0.2) is 59.6 Å². The first-order valence-electron chi connectivity index (χ1n) is 15.4. The van der Waals surface area contributed by atoms with Gasteiger partial charge in [-0.3, -0.25) is 9.69 Å². The summed E-state index contributed by atoms with van der Waals surface area (Å²) in [5, 5.41) is 10.3. The third-order valence-electron chi connectivity index (χ3n) is 10.0. The Kier molecular flexibility index (Phi) is 9.56. The van der Waals surface area contributed by atoms with Crippen LogP contribution in [0.15, 0.2) is 60.7 Å². The summed E-state index contributed by atoms with van der Waals surface area (Å²) in [5.41, 5.74) is 2.85. The van der Waals surface area contributed by atoms with E-state index in [9.17, 15) is 9.90 Å². The van der Waals surface area contributed by atoms with Crippen molar-refractivity contribution in [1.29, 1.82) is 0 Å². The van der Waals surface area contributed by atoms with Crippen LogP contribution in [0.25, 0.3) is 0 Å². The lowest BCUT2D eigenvalue weighted by atomic mass is 9.83. The summed E-state index contributed by atoms with van der Waals surface area (Å²) in [4.78, 5) is 17.6. The molecule has 4 atom stereocenters. The van der Waals surface area contributed by atoms with Gasteiger partial charge in [-0.2, -0.15) is 0 Å². The zero-order chi connectivity index (χ0) is 26.3. The fourth-order valence-electron chi connectivity index (χ4n) is 7.72. The summed E-state index contributed by atoms with van der Waals surface area (Å²) >= 11 is 0. The van der Waals surface area contributed by atoms with Crippen LogP contribution in [0.3, 0.4) is 0 Å². The second-order valence-electron chi connectivity index (χ2n) is 12.5. The van der Waals surface area contributed by atoms with E-state index in [0.717, 1.165) is 38.4 Å². The zero-order valence-corrected chi connectivity index (χ0v) is 23.4. The van der Waals surface area contributed by atoms with Crippen LogP contribution in [0.2, 0.25) is 0 Å². The standard InChI is InChI=1S/C34H48N2O2/c1-26(28-11-5-2-6-12-28)17-18-27-19-21-35(22-20-27)23-31-24-36(25-32(31)29-13-7-3-8-14-29)33(34(37)38)30-15-9-4-10-16-30/h2-3,5-8,11-14,26-27,30-33H,4,9-10,15-25H2,1H3,(H,37,38)/t26-,31?,32?,33?/m1/s1. The first-order valence-corrected chi connectivity index (χ1v) is 15.4. The maximum Gasteiger partial charge on any atom is 0.321 e. The molecule has 4 nitrogen and oxygen atoms in total. The number of piperidine rings is 1. The second kappa shape index (κ2) is 13.3. The molecule has 1 saturated carbocycles. The molecule has 206 valence electrons. The van der Waals surface area contributed by atoms with Crippen molar-refractivity contribution in [2.24, 2.45) is 17.8 Å². The van der Waals surface area contributed by atoms with Crippen LogP contribution in [0.1, 0.15) is 87.7 Å². The molecule has 2 aromatic rings. The first kappa shape index (κ1) is 27.4. The van der Waals surface area contributed by atoms with Crippen LogP contribution in [-0.2, 0) is 4.79 Å². The van der Waals surface area contributed by atoms with Crippen molar-refractivity contribution < 1.29 is 9.90 Å². The minimum absolute atomic E-state index is 0.311. The molecule has 1 N–H and O–H groups in total. The molecular formula is C34H48N2O2. The van der Waals surface area contributed by atoms with Crippen molar-refractivity contribution in [3.05, 3.63) is 71.8 Å². The number of likely N-dealkylation sites (tertiary alicyclic amines) is 2. The zero-order valence-electron chi connectivity index (χ0n) is 23.4. The van der Waals surface area contributed by atoms with Crippen molar-refractivity contribution in [1.82, 2.24) is 9.80 Å². The van der Waals surface area contributed by atoms with Crippen LogP contribution in [0.4, 0.5) is 0 Å². The fourth-order valence-corrected chi connectivity index (χ4v) is 7.72. The molecule has 0 aromatic heterocycles. The summed E-state index contributed by atoms with van der Waals surface area (Å²) < 4.78 is 0. The van der Waals surface area contributed by atoms with E-state index >= 15 is 0 Å². The van der Waals surface area contributed by atoms with Crippen molar-refractivity contribution in [2.45, 2.75) is 82.6 Å². The van der Waals surface area contributed by atoms with Gasteiger partial charge in [0.15, 0.2) is 0 Å². The van der Waals surface area contributed by atoms with E-state index in [0.29, 0.717) is 23.7 Å². The summed E-state index contributed by atoms with van der Waals surface area (Å²) in [7, 11) is 0. The Hall–Kier alpha value is -2.17. The summed E-state index contributed by atoms with van der Waals surface area (Å²) in [6.07, 6.45) is 11.0. The van der Waals surface area contributed by atoms with Crippen molar-refractivity contribution in [3.63, 3.8) is 0 Å². The smallest absolute Gasteiger partial charge is 0.321 e. The molecule has 5 rings (SSSR count). The number of hydrogen-bond donors (Lipinski definition) is 1. The topological polar surface area (TPSA) is 43.8 Å². The predicted molar refractivity (Wildman–Crippen MR) is 155 cm³/mol. The highest BCUT2D eigenvalue weighted by Gasteiger charge is 2.43. The van der Waals surface area contributed by atoms with E-state index in [2.05, 4.69) is 77.4 Å². The molecule has 2 heterocycles. The average Bonchev–Trinajstić information content (AvgIpc) is 3.36. The Labute approximate surface area is 230 Å². The maximum absolute atomic E-state index is 12.5. The highest BCUT2D eigenvalue weighted by atomic mass is 16.4. The Morgan fingerprint density at radius 2 is 1.55 bits per heavy atom. The molecule has 38 heavy (non-hydrogen) atoms. The number of aliphatic carboxylic acids is 1. The van der Waals surface area contributed by atoms with Gasteiger partial charge in [0.25, 0.3) is 0 Å². The number of hydrogen-bond acceptors (Lipinski definition) is 3. The maximum atomic E-state index is 12.5. The number of carboxylic acid groups (broad SMARTS) is 1. The molecule has 3 unspecified atom stereocenters. The van der Waals surface area contributed by atoms with Crippen molar-refractivity contribution in [2.75, 3.05) is 32.7 Å². The van der Waals surface area contributed by atoms with Gasteiger partial charge in [0.05, 0.1) is 0 Å². The van der Waals surface area contributed by atoms with Gasteiger partial charge in [-0.05, 0) is 86.4 Å². The number of benzene rings is 2. The fraction of sp³-hybridized carbons (Fsp3) is 0.618. The van der Waals surface area contributed by atoms with Crippen LogP contribution >= 0.6 is 0 Å². The SMILES string of the molecule is C[C@H](CCC1CCN(CC2CN(C(C(=O)O)C3CCCCC3)CC2c2ccccc2)CC1)c1ccccc1. The number of carboxylic acids is 1. The quantitative estimate of drug-likeness (QED) is 0.368. The van der Waals surface area contributed by atoms with Gasteiger partial charge in [-0.1, -0.05) is 86.8 Å². The Morgan fingerprint density at radius 1 is 0.895 bits per heavy atom. The van der Waals surface area contributed by atoms with E-state index < -0.39 is 5.97 Å². The van der Waals surface area contributed by atoms with Gasteiger partial charge in [-0.25, -0.2) is 0 Å². The number of nitrogens with zero attached hydrogens (tertiary/aromatic N) is 2. The molecule has 1 aliphatic carbocycles. The normalized spacial score (nSPS) is 25.8. The first-order chi connectivity index (χ1) is 18.6. The summed E-state index contributed by atoms with van der Waals surface area (Å²) in [6, 6.07) is 21.6. The van der Waals surface area contributed by atoms with Gasteiger partial charge < -0.3 is 10.0 Å². The molecule has 2 saturated heterocycles. The highest BCUT2D eigenvalue weighted by Crippen LogP contribution is 2.39. The van der Waals surface area contributed by atoms with Crippen LogP contribution in [0, 0.1) is 17.8 Å². The minimum Gasteiger partial charge on any atom is -0.480 e.